The molecule has 0 aliphatic carbocycles. The van der Waals surface area contributed by atoms with Gasteiger partial charge in [0.1, 0.15) is 0 Å². The zero-order chi connectivity index (χ0) is 9.80. The van der Waals surface area contributed by atoms with E-state index in [-0.39, 0.29) is 0 Å². The highest BCUT2D eigenvalue weighted by atomic mass is 32.1. The van der Waals surface area contributed by atoms with Gasteiger partial charge in [-0.2, -0.15) is 4.99 Å². The second-order valence-electron chi connectivity index (χ2n) is 2.50. The van der Waals surface area contributed by atoms with Gasteiger partial charge in [0.2, 0.25) is 0 Å². The van der Waals surface area contributed by atoms with Crippen molar-refractivity contribution in [2.45, 2.75) is 0 Å². The van der Waals surface area contributed by atoms with Crippen molar-refractivity contribution in [3.05, 3.63) is 24.3 Å². The highest BCUT2D eigenvalue weighted by Gasteiger charge is 2.01. The molecular formula is C8H5N5S. The molecule has 2 rings (SSSR count). The molecule has 0 saturated heterocycles. The third-order valence-electron chi connectivity index (χ3n) is 1.64. The van der Waals surface area contributed by atoms with Crippen molar-refractivity contribution in [1.29, 1.82) is 0 Å². The molecule has 2 aromatic rings. The molecule has 1 aromatic carbocycles. The Morgan fingerprint density at radius 1 is 1.43 bits per heavy atom. The largest absolute Gasteiger partial charge is 0.239 e. The summed E-state index contributed by atoms with van der Waals surface area (Å²) < 4.78 is 0. The van der Waals surface area contributed by atoms with Gasteiger partial charge in [0.15, 0.2) is 5.82 Å². The van der Waals surface area contributed by atoms with E-state index in [9.17, 15) is 0 Å². The maximum absolute atomic E-state index is 4.51. The lowest BCUT2D eigenvalue weighted by Crippen LogP contribution is -1.79. The van der Waals surface area contributed by atoms with Gasteiger partial charge in [0.25, 0.3) is 0 Å². The summed E-state index contributed by atoms with van der Waals surface area (Å²) in [6, 6.07) is 7.38. The van der Waals surface area contributed by atoms with E-state index in [4.69, 9.17) is 0 Å². The molecule has 5 nitrogen and oxygen atoms in total. The number of aromatic nitrogens is 4. The molecule has 0 aliphatic heterocycles. The monoisotopic (exact) mass is 203 g/mol. The number of aliphatic imine (C=N–C) groups is 1. The molecule has 0 spiro atoms. The SMILES string of the molecule is S=C=Nc1cccc(-c2nnn[nH]2)c1. The summed E-state index contributed by atoms with van der Waals surface area (Å²) in [6.45, 7) is 0. The van der Waals surface area contributed by atoms with Gasteiger partial charge in [-0.1, -0.05) is 12.1 Å². The average molecular weight is 203 g/mol. The molecule has 0 unspecified atom stereocenters. The summed E-state index contributed by atoms with van der Waals surface area (Å²) in [6.07, 6.45) is 0. The van der Waals surface area contributed by atoms with Gasteiger partial charge in [-0.3, -0.25) is 0 Å². The van der Waals surface area contributed by atoms with Gasteiger partial charge < -0.3 is 0 Å². The number of nitrogens with one attached hydrogen (secondary N) is 1. The van der Waals surface area contributed by atoms with Crippen molar-refractivity contribution >= 4 is 23.1 Å². The van der Waals surface area contributed by atoms with Crippen LogP contribution in [-0.2, 0) is 0 Å². The molecule has 0 radical (unpaired) electrons. The number of aromatic amines is 1. The van der Waals surface area contributed by atoms with Crippen LogP contribution >= 0.6 is 12.2 Å². The standard InChI is InChI=1S/C8H5N5S/c14-5-9-7-3-1-2-6(4-7)8-10-12-13-11-8/h1-4H,(H,10,11,12,13). The topological polar surface area (TPSA) is 66.8 Å². The van der Waals surface area contributed by atoms with Crippen LogP contribution in [0.1, 0.15) is 0 Å². The Balaban J connectivity index is 2.45. The molecule has 1 N–H and O–H groups in total. The second kappa shape index (κ2) is 3.87. The smallest absolute Gasteiger partial charge is 0.179 e. The number of thiocarbonyl (C=S) groups is 1. The third kappa shape index (κ3) is 1.71. The lowest BCUT2D eigenvalue weighted by Gasteiger charge is -1.95. The normalized spacial score (nSPS) is 9.43. The van der Waals surface area contributed by atoms with Crippen molar-refractivity contribution in [2.24, 2.45) is 4.99 Å². The Morgan fingerprint density at radius 2 is 2.36 bits per heavy atom. The average Bonchev–Trinajstić information content (AvgIpc) is 2.71. The van der Waals surface area contributed by atoms with E-state index < -0.39 is 0 Å². The molecule has 0 bridgehead atoms. The molecule has 1 heterocycles. The summed E-state index contributed by atoms with van der Waals surface area (Å²) in [5.41, 5.74) is 1.59. The van der Waals surface area contributed by atoms with Crippen molar-refractivity contribution < 1.29 is 0 Å². The van der Waals surface area contributed by atoms with Gasteiger partial charge in [-0.25, -0.2) is 5.10 Å². The van der Waals surface area contributed by atoms with Gasteiger partial charge in [0.05, 0.1) is 10.8 Å². The number of H-pyrrole nitrogens is 1. The minimum Gasteiger partial charge on any atom is -0.239 e. The Morgan fingerprint density at radius 3 is 3.07 bits per heavy atom. The summed E-state index contributed by atoms with van der Waals surface area (Å²) in [5, 5.41) is 15.7. The first-order chi connectivity index (χ1) is 6.90. The van der Waals surface area contributed by atoms with Gasteiger partial charge >= 0.3 is 0 Å². The Hall–Kier alpha value is -1.91. The number of hydrogen-bond donors (Lipinski definition) is 1. The van der Waals surface area contributed by atoms with Crippen LogP contribution in [0, 0.1) is 0 Å². The lowest BCUT2D eigenvalue weighted by molar-refractivity contribution is 0.881. The van der Waals surface area contributed by atoms with E-state index in [0.717, 1.165) is 11.3 Å². The van der Waals surface area contributed by atoms with Crippen LogP contribution in [0.5, 0.6) is 0 Å². The molecule has 6 heteroatoms. The van der Waals surface area contributed by atoms with Crippen LogP contribution in [0.15, 0.2) is 29.3 Å². The van der Waals surface area contributed by atoms with Crippen LogP contribution < -0.4 is 0 Å². The number of hydrogen-bond acceptors (Lipinski definition) is 5. The molecule has 0 atom stereocenters. The number of isothiocyanates is 1. The third-order valence-corrected chi connectivity index (χ3v) is 1.73. The van der Waals surface area contributed by atoms with E-state index in [1.54, 1.807) is 0 Å². The number of tetrazole rings is 1. The molecule has 0 aliphatic rings. The fourth-order valence-electron chi connectivity index (χ4n) is 1.06. The minimum atomic E-state index is 0.603. The van der Waals surface area contributed by atoms with Crippen LogP contribution in [0.3, 0.4) is 0 Å². The van der Waals surface area contributed by atoms with E-state index in [1.165, 1.54) is 0 Å². The molecule has 0 amide bonds. The number of nitrogens with zero attached hydrogens (tertiary/aromatic N) is 4. The van der Waals surface area contributed by atoms with Crippen LogP contribution in [0.4, 0.5) is 5.69 Å². The van der Waals surface area contributed by atoms with E-state index >= 15 is 0 Å². The molecule has 68 valence electrons. The Bertz CT molecular complexity index is 472. The summed E-state index contributed by atoms with van der Waals surface area (Å²) in [4.78, 5) is 3.86. The highest BCUT2D eigenvalue weighted by Crippen LogP contribution is 2.19. The van der Waals surface area contributed by atoms with Crippen molar-refractivity contribution in [3.8, 4) is 11.4 Å². The Labute approximate surface area is 84.9 Å². The minimum absolute atomic E-state index is 0.603. The number of rotatable bonds is 2. The summed E-state index contributed by atoms with van der Waals surface area (Å²) in [5.74, 6) is 0.603. The maximum atomic E-state index is 4.51. The lowest BCUT2D eigenvalue weighted by atomic mass is 10.2. The molecule has 0 saturated carbocycles. The second-order valence-corrected chi connectivity index (χ2v) is 2.69. The fourth-order valence-corrected chi connectivity index (χ4v) is 1.16. The quantitative estimate of drug-likeness (QED) is 0.594. The molecular weight excluding hydrogens is 198 g/mol. The first-order valence-corrected chi connectivity index (χ1v) is 4.23. The zero-order valence-electron chi connectivity index (χ0n) is 7.01. The van der Waals surface area contributed by atoms with Crippen molar-refractivity contribution in [3.63, 3.8) is 0 Å². The van der Waals surface area contributed by atoms with Gasteiger partial charge in [-0.05, 0) is 34.8 Å². The summed E-state index contributed by atoms with van der Waals surface area (Å²) >= 11 is 4.51. The highest BCUT2D eigenvalue weighted by molar-refractivity contribution is 7.78. The van der Waals surface area contributed by atoms with Crippen molar-refractivity contribution in [1.82, 2.24) is 20.6 Å². The van der Waals surface area contributed by atoms with Crippen LogP contribution in [0.25, 0.3) is 11.4 Å². The molecule has 0 fully saturated rings. The first-order valence-electron chi connectivity index (χ1n) is 3.82. The predicted molar refractivity (Wildman–Crippen MR) is 54.3 cm³/mol. The van der Waals surface area contributed by atoms with E-state index in [2.05, 4.69) is 43.0 Å². The number of benzene rings is 1. The van der Waals surface area contributed by atoms with Crippen molar-refractivity contribution in [2.75, 3.05) is 0 Å². The summed E-state index contributed by atoms with van der Waals surface area (Å²) in [7, 11) is 0. The van der Waals surface area contributed by atoms with Crippen LogP contribution in [-0.4, -0.2) is 25.8 Å². The molecule has 14 heavy (non-hydrogen) atoms. The van der Waals surface area contributed by atoms with Crippen LogP contribution in [0.2, 0.25) is 0 Å². The van der Waals surface area contributed by atoms with Gasteiger partial charge in [0, 0.05) is 5.56 Å². The first kappa shape index (κ1) is 8.68. The van der Waals surface area contributed by atoms with E-state index in [1.807, 2.05) is 24.3 Å². The molecule has 1 aromatic heterocycles. The van der Waals surface area contributed by atoms with Gasteiger partial charge in [-0.15, -0.1) is 5.10 Å². The predicted octanol–water partition coefficient (Wildman–Crippen LogP) is 1.60. The Kier molecular flexibility index (Phi) is 2.40. The zero-order valence-corrected chi connectivity index (χ0v) is 7.82. The maximum Gasteiger partial charge on any atom is 0.179 e. The fraction of sp³-hybridized carbons (Fsp3) is 0. The van der Waals surface area contributed by atoms with E-state index in [0.29, 0.717) is 5.82 Å².